The van der Waals surface area contributed by atoms with Crippen LogP contribution < -0.4 is 10.6 Å². The second kappa shape index (κ2) is 11.1. The molecule has 7 nitrogen and oxygen atoms in total. The van der Waals surface area contributed by atoms with Gasteiger partial charge in [-0.2, -0.15) is 0 Å². The molecule has 2 N–H and O–H groups in total. The lowest BCUT2D eigenvalue weighted by atomic mass is 10.0. The average molecular weight is 390 g/mol. The van der Waals surface area contributed by atoms with Crippen molar-refractivity contribution in [2.24, 2.45) is 10.9 Å². The fraction of sp³-hybridized carbons (Fsp3) is 0.944. The van der Waals surface area contributed by atoms with E-state index in [0.717, 1.165) is 45.2 Å². The minimum Gasteiger partial charge on any atom is -0.357 e. The fourth-order valence-corrected chi connectivity index (χ4v) is 3.88. The highest BCUT2D eigenvalue weighted by Crippen LogP contribution is 2.14. The number of hydrogen-bond acceptors (Lipinski definition) is 5. The van der Waals surface area contributed by atoms with E-state index in [2.05, 4.69) is 41.3 Å². The van der Waals surface area contributed by atoms with E-state index in [1.54, 1.807) is 0 Å². The Morgan fingerprint density at radius 2 is 1.77 bits per heavy atom. The minimum absolute atomic E-state index is 0.0589. The molecule has 0 aromatic heterocycles. The molecule has 0 aromatic carbocycles. The van der Waals surface area contributed by atoms with Gasteiger partial charge in [0.2, 0.25) is 0 Å². The molecule has 1 saturated heterocycles. The van der Waals surface area contributed by atoms with Crippen LogP contribution >= 0.6 is 0 Å². The number of guanidine groups is 1. The Bertz CT molecular complexity index is 528. The van der Waals surface area contributed by atoms with Gasteiger partial charge in [0.15, 0.2) is 5.96 Å². The molecule has 26 heavy (non-hydrogen) atoms. The standard InChI is InChI=1S/C18H39N5O2S/c1-7-19-18(21-16(4)8-13-26(6,24)25)20-14-17(15(2)3)23-11-9-22(5)10-12-23/h15-17H,7-14H2,1-6H3,(H2,19,20,21). The lowest BCUT2D eigenvalue weighted by molar-refractivity contribution is 0.0925. The van der Waals surface area contributed by atoms with Crippen LogP contribution in [0, 0.1) is 5.92 Å². The summed E-state index contributed by atoms with van der Waals surface area (Å²) in [5.74, 6) is 1.50. The summed E-state index contributed by atoms with van der Waals surface area (Å²) < 4.78 is 22.7. The molecule has 1 heterocycles. The third-order valence-electron chi connectivity index (χ3n) is 4.86. The number of nitrogens with one attached hydrogen (secondary N) is 2. The van der Waals surface area contributed by atoms with Crippen LogP contribution in [0.3, 0.4) is 0 Å². The second-order valence-electron chi connectivity index (χ2n) is 7.83. The third kappa shape index (κ3) is 9.19. The molecule has 1 aliphatic heterocycles. The number of piperazine rings is 1. The van der Waals surface area contributed by atoms with Crippen molar-refractivity contribution in [3.63, 3.8) is 0 Å². The Labute approximate surface area is 160 Å². The summed E-state index contributed by atoms with van der Waals surface area (Å²) in [6, 6.07) is 0.481. The maximum Gasteiger partial charge on any atom is 0.191 e. The zero-order valence-corrected chi connectivity index (χ0v) is 18.3. The molecule has 8 heteroatoms. The van der Waals surface area contributed by atoms with Crippen LogP contribution in [0.25, 0.3) is 0 Å². The molecule has 0 radical (unpaired) electrons. The Hall–Kier alpha value is -0.860. The van der Waals surface area contributed by atoms with Crippen molar-refractivity contribution in [1.29, 1.82) is 0 Å². The normalized spacial score (nSPS) is 20.2. The zero-order valence-electron chi connectivity index (χ0n) is 17.5. The molecule has 2 atom stereocenters. The van der Waals surface area contributed by atoms with Gasteiger partial charge < -0.3 is 15.5 Å². The van der Waals surface area contributed by atoms with E-state index in [1.807, 2.05) is 13.8 Å². The zero-order chi connectivity index (χ0) is 19.7. The van der Waals surface area contributed by atoms with Crippen LogP contribution in [0.2, 0.25) is 0 Å². The minimum atomic E-state index is -2.93. The summed E-state index contributed by atoms with van der Waals surface area (Å²) in [7, 11) is -0.763. The van der Waals surface area contributed by atoms with Crippen LogP contribution in [0.15, 0.2) is 4.99 Å². The van der Waals surface area contributed by atoms with Crippen LogP contribution in [0.1, 0.15) is 34.1 Å². The number of hydrogen-bond donors (Lipinski definition) is 2. The molecule has 0 aliphatic carbocycles. The Morgan fingerprint density at radius 1 is 1.15 bits per heavy atom. The SMILES string of the molecule is CCNC(=NCC(C(C)C)N1CCN(C)CC1)NC(C)CCS(C)(=O)=O. The van der Waals surface area contributed by atoms with Gasteiger partial charge >= 0.3 is 0 Å². The molecule has 0 aromatic rings. The highest BCUT2D eigenvalue weighted by Gasteiger charge is 2.24. The van der Waals surface area contributed by atoms with Crippen molar-refractivity contribution in [2.45, 2.75) is 46.2 Å². The summed E-state index contributed by atoms with van der Waals surface area (Å²) in [5.41, 5.74) is 0. The summed E-state index contributed by atoms with van der Waals surface area (Å²) in [6.07, 6.45) is 1.86. The van der Waals surface area contributed by atoms with Crippen molar-refractivity contribution in [3.05, 3.63) is 0 Å². The molecular weight excluding hydrogens is 350 g/mol. The van der Waals surface area contributed by atoms with E-state index in [1.165, 1.54) is 6.26 Å². The Balaban J connectivity index is 2.66. The Morgan fingerprint density at radius 3 is 2.27 bits per heavy atom. The van der Waals surface area contributed by atoms with Gasteiger partial charge in [-0.3, -0.25) is 9.89 Å². The van der Waals surface area contributed by atoms with E-state index in [-0.39, 0.29) is 11.8 Å². The van der Waals surface area contributed by atoms with Crippen molar-refractivity contribution in [2.75, 3.05) is 58.3 Å². The molecule has 154 valence electrons. The topological polar surface area (TPSA) is 77.0 Å². The highest BCUT2D eigenvalue weighted by molar-refractivity contribution is 7.90. The second-order valence-corrected chi connectivity index (χ2v) is 10.1. The van der Waals surface area contributed by atoms with Crippen LogP contribution in [0.5, 0.6) is 0 Å². The van der Waals surface area contributed by atoms with E-state index < -0.39 is 9.84 Å². The quantitative estimate of drug-likeness (QED) is 0.445. The van der Waals surface area contributed by atoms with Crippen LogP contribution in [-0.2, 0) is 9.84 Å². The van der Waals surface area contributed by atoms with Gasteiger partial charge in [0.1, 0.15) is 9.84 Å². The van der Waals surface area contributed by atoms with Crippen molar-refractivity contribution >= 4 is 15.8 Å². The molecule has 0 amide bonds. The maximum atomic E-state index is 11.4. The van der Waals surface area contributed by atoms with Gasteiger partial charge in [-0.15, -0.1) is 0 Å². The van der Waals surface area contributed by atoms with Crippen molar-refractivity contribution < 1.29 is 8.42 Å². The number of rotatable bonds is 9. The van der Waals surface area contributed by atoms with Gasteiger partial charge in [0, 0.05) is 51.1 Å². The first-order chi connectivity index (χ1) is 12.1. The molecule has 0 saturated carbocycles. The number of likely N-dealkylation sites (N-methyl/N-ethyl adjacent to an activating group) is 1. The lowest BCUT2D eigenvalue weighted by Crippen LogP contribution is -2.52. The molecule has 1 aliphatic rings. The summed E-state index contributed by atoms with van der Waals surface area (Å²) >= 11 is 0. The predicted molar refractivity (Wildman–Crippen MR) is 111 cm³/mol. The van der Waals surface area contributed by atoms with E-state index in [4.69, 9.17) is 4.99 Å². The van der Waals surface area contributed by atoms with E-state index in [0.29, 0.717) is 18.4 Å². The van der Waals surface area contributed by atoms with Gasteiger partial charge in [-0.1, -0.05) is 13.8 Å². The predicted octanol–water partition coefficient (Wildman–Crippen LogP) is 0.637. The maximum absolute atomic E-state index is 11.4. The van der Waals surface area contributed by atoms with Gasteiger partial charge in [-0.25, -0.2) is 8.42 Å². The molecule has 0 spiro atoms. The van der Waals surface area contributed by atoms with E-state index in [9.17, 15) is 8.42 Å². The third-order valence-corrected chi connectivity index (χ3v) is 5.84. The van der Waals surface area contributed by atoms with Gasteiger partial charge in [-0.05, 0) is 33.2 Å². The summed E-state index contributed by atoms with van der Waals surface area (Å²) in [6.45, 7) is 14.5. The van der Waals surface area contributed by atoms with E-state index >= 15 is 0 Å². The van der Waals surface area contributed by atoms with Gasteiger partial charge in [0.05, 0.1) is 12.3 Å². The average Bonchev–Trinajstić information content (AvgIpc) is 2.54. The summed E-state index contributed by atoms with van der Waals surface area (Å²) in [5, 5.41) is 6.62. The highest BCUT2D eigenvalue weighted by atomic mass is 32.2. The fourth-order valence-electron chi connectivity index (χ4n) is 3.10. The first kappa shape index (κ1) is 23.2. The lowest BCUT2D eigenvalue weighted by Gasteiger charge is -2.39. The molecular formula is C18H39N5O2S. The first-order valence-electron chi connectivity index (χ1n) is 9.77. The van der Waals surface area contributed by atoms with Crippen molar-refractivity contribution in [1.82, 2.24) is 20.4 Å². The number of aliphatic imine (C=N–C) groups is 1. The number of nitrogens with zero attached hydrogens (tertiary/aromatic N) is 3. The van der Waals surface area contributed by atoms with Crippen LogP contribution in [0.4, 0.5) is 0 Å². The monoisotopic (exact) mass is 389 g/mol. The number of sulfone groups is 1. The first-order valence-corrected chi connectivity index (χ1v) is 11.8. The largest absolute Gasteiger partial charge is 0.357 e. The van der Waals surface area contributed by atoms with Crippen LogP contribution in [-0.4, -0.2) is 94.6 Å². The molecule has 2 unspecified atom stereocenters. The molecule has 1 rings (SSSR count). The summed E-state index contributed by atoms with van der Waals surface area (Å²) in [4.78, 5) is 9.72. The van der Waals surface area contributed by atoms with Crippen molar-refractivity contribution in [3.8, 4) is 0 Å². The Kier molecular flexibility index (Phi) is 9.89. The smallest absolute Gasteiger partial charge is 0.191 e. The molecule has 0 bridgehead atoms. The van der Waals surface area contributed by atoms with Gasteiger partial charge in [0.25, 0.3) is 0 Å². The molecule has 1 fully saturated rings.